The third-order valence-corrected chi connectivity index (χ3v) is 5.83. The molecule has 0 aliphatic carbocycles. The summed E-state index contributed by atoms with van der Waals surface area (Å²) in [4.78, 5) is 6.88. The zero-order valence-electron chi connectivity index (χ0n) is 14.6. The van der Waals surface area contributed by atoms with Gasteiger partial charge < -0.3 is 5.32 Å². The van der Waals surface area contributed by atoms with Gasteiger partial charge in [0.2, 0.25) is 0 Å². The summed E-state index contributed by atoms with van der Waals surface area (Å²) >= 11 is 0. The van der Waals surface area contributed by atoms with E-state index in [-0.39, 0.29) is 5.56 Å². The van der Waals surface area contributed by atoms with Gasteiger partial charge in [0.15, 0.2) is 11.6 Å². The Balaban J connectivity index is 1.54. The molecule has 2 atom stereocenters. The summed E-state index contributed by atoms with van der Waals surface area (Å²) in [6.07, 6.45) is 4.19. The summed E-state index contributed by atoms with van der Waals surface area (Å²) < 4.78 is 27.9. The lowest BCUT2D eigenvalue weighted by Gasteiger charge is -2.50. The lowest BCUT2D eigenvalue weighted by molar-refractivity contribution is 0.0458. The molecule has 3 fully saturated rings. The van der Waals surface area contributed by atoms with Gasteiger partial charge in [-0.15, -0.1) is 0 Å². The van der Waals surface area contributed by atoms with Crippen LogP contribution in [0.5, 0.6) is 0 Å². The molecule has 3 nitrogen and oxygen atoms in total. The molecule has 1 aromatic carbocycles. The van der Waals surface area contributed by atoms with Crippen LogP contribution in [0.25, 0.3) is 11.3 Å². The number of piperidine rings is 3. The topological polar surface area (TPSA) is 28.2 Å². The van der Waals surface area contributed by atoms with Crippen molar-refractivity contribution in [2.75, 3.05) is 18.4 Å². The highest BCUT2D eigenvalue weighted by molar-refractivity contribution is 5.62. The lowest BCUT2D eigenvalue weighted by Crippen LogP contribution is -2.59. The van der Waals surface area contributed by atoms with Crippen LogP contribution in [0.4, 0.5) is 14.5 Å². The summed E-state index contributed by atoms with van der Waals surface area (Å²) in [5.74, 6) is -0.940. The molecule has 0 spiro atoms. The van der Waals surface area contributed by atoms with Crippen molar-refractivity contribution in [2.45, 2.75) is 38.8 Å². The van der Waals surface area contributed by atoms with E-state index in [0.29, 0.717) is 29.3 Å². The number of nitrogens with one attached hydrogen (secondary N) is 1. The highest BCUT2D eigenvalue weighted by atomic mass is 19.2. The molecule has 0 amide bonds. The van der Waals surface area contributed by atoms with Gasteiger partial charge in [-0.05, 0) is 69.5 Å². The van der Waals surface area contributed by atoms with Crippen LogP contribution in [0.3, 0.4) is 0 Å². The Kier molecular flexibility index (Phi) is 4.20. The summed E-state index contributed by atoms with van der Waals surface area (Å²) in [6.45, 7) is 6.21. The van der Waals surface area contributed by atoms with Gasteiger partial charge in [0.25, 0.3) is 0 Å². The maximum Gasteiger partial charge on any atom is 0.168 e. The predicted octanol–water partition coefficient (Wildman–Crippen LogP) is 4.23. The second-order valence-electron chi connectivity index (χ2n) is 7.27. The maximum absolute atomic E-state index is 14.1. The van der Waals surface area contributed by atoms with Gasteiger partial charge >= 0.3 is 0 Å². The van der Waals surface area contributed by atoms with Crippen molar-refractivity contribution in [1.29, 1.82) is 0 Å². The molecule has 5 rings (SSSR count). The van der Waals surface area contributed by atoms with E-state index in [9.17, 15) is 8.78 Å². The predicted molar refractivity (Wildman–Crippen MR) is 95.5 cm³/mol. The van der Waals surface area contributed by atoms with E-state index in [1.165, 1.54) is 25.9 Å². The smallest absolute Gasteiger partial charge is 0.168 e. The second-order valence-corrected chi connectivity index (χ2v) is 7.27. The fourth-order valence-corrected chi connectivity index (χ4v) is 4.22. The van der Waals surface area contributed by atoms with Crippen LogP contribution in [-0.2, 0) is 0 Å². The third kappa shape index (κ3) is 2.91. The molecule has 3 aliphatic heterocycles. The molecule has 132 valence electrons. The Morgan fingerprint density at radius 1 is 1.08 bits per heavy atom. The normalized spacial score (nSPS) is 28.2. The van der Waals surface area contributed by atoms with Crippen LogP contribution < -0.4 is 5.32 Å². The molecule has 0 saturated carbocycles. The van der Waals surface area contributed by atoms with Gasteiger partial charge in [-0.1, -0.05) is 6.07 Å². The van der Waals surface area contributed by atoms with Crippen molar-refractivity contribution in [3.63, 3.8) is 0 Å². The number of aryl methyl sites for hydroxylation is 1. The highest BCUT2D eigenvalue weighted by Crippen LogP contribution is 2.34. The average Bonchev–Trinajstić information content (AvgIpc) is 2.64. The SMILES string of the molecule is Cc1ccc(-c2ccc(NC3C4CCN(CC4)C3C)cn2)c(F)c1F. The van der Waals surface area contributed by atoms with Gasteiger partial charge in [-0.3, -0.25) is 9.88 Å². The molecule has 5 heteroatoms. The second kappa shape index (κ2) is 6.37. The number of aromatic nitrogens is 1. The summed E-state index contributed by atoms with van der Waals surface area (Å²) in [7, 11) is 0. The molecule has 3 saturated heterocycles. The Bertz CT molecular complexity index is 765. The zero-order chi connectivity index (χ0) is 17.6. The molecule has 2 bridgehead atoms. The van der Waals surface area contributed by atoms with E-state index >= 15 is 0 Å². The summed E-state index contributed by atoms with van der Waals surface area (Å²) in [5, 5.41) is 3.60. The highest BCUT2D eigenvalue weighted by Gasteiger charge is 2.39. The number of fused-ring (bicyclic) bond motifs is 3. The van der Waals surface area contributed by atoms with E-state index in [2.05, 4.69) is 22.1 Å². The standard InChI is InChI=1S/C20H23F2N3/c1-12-3-5-16(19(22)18(12)21)17-6-4-15(11-23-17)24-20-13(2)25-9-7-14(20)8-10-25/h3-6,11,13-14,20,24H,7-10H2,1-2H3. The Morgan fingerprint density at radius 3 is 2.48 bits per heavy atom. The number of benzene rings is 1. The van der Waals surface area contributed by atoms with Crippen molar-refractivity contribution in [2.24, 2.45) is 5.92 Å². The number of rotatable bonds is 3. The average molecular weight is 343 g/mol. The Labute approximate surface area is 147 Å². The largest absolute Gasteiger partial charge is 0.379 e. The minimum atomic E-state index is -0.834. The van der Waals surface area contributed by atoms with E-state index in [1.807, 2.05) is 6.07 Å². The molecular weight excluding hydrogens is 320 g/mol. The number of anilines is 1. The van der Waals surface area contributed by atoms with Crippen molar-refractivity contribution in [3.8, 4) is 11.3 Å². The van der Waals surface area contributed by atoms with Crippen molar-refractivity contribution in [1.82, 2.24) is 9.88 Å². The van der Waals surface area contributed by atoms with Gasteiger partial charge in [0.1, 0.15) is 0 Å². The molecule has 4 heterocycles. The van der Waals surface area contributed by atoms with Gasteiger partial charge in [-0.2, -0.15) is 0 Å². The molecule has 1 aromatic heterocycles. The summed E-state index contributed by atoms with van der Waals surface area (Å²) in [6, 6.07) is 7.75. The molecule has 1 N–H and O–H groups in total. The molecule has 0 radical (unpaired) electrons. The first-order chi connectivity index (χ1) is 12.0. The molecular formula is C20H23F2N3. The van der Waals surface area contributed by atoms with Crippen LogP contribution in [0, 0.1) is 24.5 Å². The first kappa shape index (κ1) is 16.5. The number of pyridine rings is 1. The minimum Gasteiger partial charge on any atom is -0.379 e. The monoisotopic (exact) mass is 343 g/mol. The molecule has 25 heavy (non-hydrogen) atoms. The number of nitrogens with zero attached hydrogens (tertiary/aromatic N) is 2. The zero-order valence-corrected chi connectivity index (χ0v) is 14.6. The first-order valence-electron chi connectivity index (χ1n) is 8.96. The third-order valence-electron chi connectivity index (χ3n) is 5.83. The van der Waals surface area contributed by atoms with E-state index < -0.39 is 11.6 Å². The van der Waals surface area contributed by atoms with Gasteiger partial charge in [0, 0.05) is 17.6 Å². The van der Waals surface area contributed by atoms with E-state index in [0.717, 1.165) is 5.69 Å². The Morgan fingerprint density at radius 2 is 1.84 bits per heavy atom. The summed E-state index contributed by atoms with van der Waals surface area (Å²) in [5.41, 5.74) is 1.88. The van der Waals surface area contributed by atoms with Crippen LogP contribution in [0.2, 0.25) is 0 Å². The van der Waals surface area contributed by atoms with Gasteiger partial charge in [0.05, 0.1) is 17.6 Å². The number of halogens is 2. The fourth-order valence-electron chi connectivity index (χ4n) is 4.22. The van der Waals surface area contributed by atoms with Crippen LogP contribution in [0.1, 0.15) is 25.3 Å². The molecule has 2 aromatic rings. The minimum absolute atomic E-state index is 0.200. The number of hydrogen-bond donors (Lipinski definition) is 1. The van der Waals surface area contributed by atoms with Crippen LogP contribution in [0.15, 0.2) is 30.5 Å². The molecule has 3 aliphatic rings. The Hall–Kier alpha value is -2.01. The van der Waals surface area contributed by atoms with Gasteiger partial charge in [-0.25, -0.2) is 8.78 Å². The fraction of sp³-hybridized carbons (Fsp3) is 0.450. The van der Waals surface area contributed by atoms with E-state index in [4.69, 9.17) is 0 Å². The number of hydrogen-bond acceptors (Lipinski definition) is 3. The maximum atomic E-state index is 14.1. The van der Waals surface area contributed by atoms with Crippen molar-refractivity contribution >= 4 is 5.69 Å². The van der Waals surface area contributed by atoms with Crippen molar-refractivity contribution < 1.29 is 8.78 Å². The lowest BCUT2D eigenvalue weighted by atomic mass is 9.79. The molecule has 2 unspecified atom stereocenters. The quantitative estimate of drug-likeness (QED) is 0.904. The van der Waals surface area contributed by atoms with Crippen LogP contribution >= 0.6 is 0 Å². The van der Waals surface area contributed by atoms with Crippen molar-refractivity contribution in [3.05, 3.63) is 47.7 Å². The van der Waals surface area contributed by atoms with E-state index in [1.54, 1.807) is 31.3 Å². The first-order valence-corrected chi connectivity index (χ1v) is 8.96. The van der Waals surface area contributed by atoms with Crippen LogP contribution in [-0.4, -0.2) is 35.1 Å².